The Labute approximate surface area is 77.4 Å². The first kappa shape index (κ1) is 10.1. The Morgan fingerprint density at radius 2 is 2.15 bits per heavy atom. The van der Waals surface area contributed by atoms with Crippen molar-refractivity contribution in [1.29, 1.82) is 0 Å². The van der Waals surface area contributed by atoms with Gasteiger partial charge in [-0.1, -0.05) is 13.8 Å². The molecule has 0 radical (unpaired) electrons. The highest BCUT2D eigenvalue weighted by molar-refractivity contribution is 5.06. The average Bonchev–Trinajstić information content (AvgIpc) is 2.08. The smallest absolute Gasteiger partial charge is 0.141 e. The zero-order valence-electron chi connectivity index (χ0n) is 7.87. The van der Waals surface area contributed by atoms with Gasteiger partial charge in [0.25, 0.3) is 0 Å². The molecule has 1 unspecified atom stereocenters. The maximum absolute atomic E-state index is 12.5. The molecule has 0 bridgehead atoms. The summed E-state index contributed by atoms with van der Waals surface area (Å²) in [5.41, 5.74) is 0.725. The normalized spacial score (nSPS) is 13.3. The van der Waals surface area contributed by atoms with Crippen molar-refractivity contribution >= 4 is 0 Å². The minimum absolute atomic E-state index is 0.201. The van der Waals surface area contributed by atoms with Crippen molar-refractivity contribution in [1.82, 2.24) is 4.98 Å². The first-order valence-corrected chi connectivity index (χ1v) is 4.38. The molecule has 0 aliphatic heterocycles. The van der Waals surface area contributed by atoms with E-state index in [0.29, 0.717) is 6.42 Å². The van der Waals surface area contributed by atoms with E-state index in [2.05, 4.69) is 4.98 Å². The summed E-state index contributed by atoms with van der Waals surface area (Å²) in [6, 6.07) is 2.95. The highest BCUT2D eigenvalue weighted by Gasteiger charge is 2.10. The Balaban J connectivity index is 2.59. The van der Waals surface area contributed by atoms with Gasteiger partial charge in [-0.15, -0.1) is 0 Å². The van der Waals surface area contributed by atoms with Crippen molar-refractivity contribution in [3.63, 3.8) is 0 Å². The SMILES string of the molecule is CC(C)C(O)Cc1ccc(F)cn1. The van der Waals surface area contributed by atoms with Crippen molar-refractivity contribution in [3.05, 3.63) is 29.8 Å². The maximum Gasteiger partial charge on any atom is 0.141 e. The molecule has 72 valence electrons. The van der Waals surface area contributed by atoms with Crippen LogP contribution in [0.2, 0.25) is 0 Å². The summed E-state index contributed by atoms with van der Waals surface area (Å²) in [5, 5.41) is 9.52. The van der Waals surface area contributed by atoms with Gasteiger partial charge in [0.05, 0.1) is 12.3 Å². The zero-order valence-corrected chi connectivity index (χ0v) is 7.87. The molecule has 0 aromatic carbocycles. The predicted molar refractivity (Wildman–Crippen MR) is 48.7 cm³/mol. The van der Waals surface area contributed by atoms with Gasteiger partial charge in [-0.2, -0.15) is 0 Å². The molecule has 13 heavy (non-hydrogen) atoms. The summed E-state index contributed by atoms with van der Waals surface area (Å²) in [5.74, 6) is -0.144. The molecule has 0 aliphatic carbocycles. The Morgan fingerprint density at radius 3 is 2.62 bits per heavy atom. The quantitative estimate of drug-likeness (QED) is 0.774. The van der Waals surface area contributed by atoms with Crippen LogP contribution < -0.4 is 0 Å². The summed E-state index contributed by atoms with van der Waals surface area (Å²) in [6.07, 6.45) is 1.25. The molecule has 1 aromatic rings. The van der Waals surface area contributed by atoms with E-state index in [9.17, 15) is 9.50 Å². The molecule has 0 spiro atoms. The van der Waals surface area contributed by atoms with Crippen LogP contribution in [-0.4, -0.2) is 16.2 Å². The molecule has 0 fully saturated rings. The molecular formula is C10H14FNO. The summed E-state index contributed by atoms with van der Waals surface area (Å²) in [4.78, 5) is 3.87. The van der Waals surface area contributed by atoms with E-state index in [-0.39, 0.29) is 11.7 Å². The van der Waals surface area contributed by atoms with E-state index in [0.717, 1.165) is 5.69 Å². The molecular weight excluding hydrogens is 169 g/mol. The highest BCUT2D eigenvalue weighted by Crippen LogP contribution is 2.08. The van der Waals surface area contributed by atoms with Crippen molar-refractivity contribution in [2.45, 2.75) is 26.4 Å². The lowest BCUT2D eigenvalue weighted by molar-refractivity contribution is 0.124. The number of aliphatic hydroxyl groups is 1. The fourth-order valence-corrected chi connectivity index (χ4v) is 0.977. The number of rotatable bonds is 3. The van der Waals surface area contributed by atoms with Gasteiger partial charge in [-0.3, -0.25) is 4.98 Å². The summed E-state index contributed by atoms with van der Waals surface area (Å²) < 4.78 is 12.5. The van der Waals surface area contributed by atoms with E-state index < -0.39 is 6.10 Å². The molecule has 3 heteroatoms. The second-order valence-corrected chi connectivity index (χ2v) is 3.48. The third-order valence-electron chi connectivity index (χ3n) is 1.98. The average molecular weight is 183 g/mol. The van der Waals surface area contributed by atoms with E-state index in [4.69, 9.17) is 0 Å². The Bertz CT molecular complexity index is 258. The first-order chi connectivity index (χ1) is 6.09. The van der Waals surface area contributed by atoms with Crippen molar-refractivity contribution < 1.29 is 9.50 Å². The van der Waals surface area contributed by atoms with Gasteiger partial charge in [0.1, 0.15) is 5.82 Å². The van der Waals surface area contributed by atoms with E-state index in [1.807, 2.05) is 13.8 Å². The molecule has 1 atom stereocenters. The molecule has 1 rings (SSSR count). The third kappa shape index (κ3) is 3.11. The summed E-state index contributed by atoms with van der Waals surface area (Å²) in [7, 11) is 0. The maximum atomic E-state index is 12.5. The van der Waals surface area contributed by atoms with Gasteiger partial charge in [-0.05, 0) is 18.1 Å². The topological polar surface area (TPSA) is 33.1 Å². The number of halogens is 1. The van der Waals surface area contributed by atoms with Gasteiger partial charge < -0.3 is 5.11 Å². The van der Waals surface area contributed by atoms with Gasteiger partial charge in [0, 0.05) is 12.1 Å². The first-order valence-electron chi connectivity index (χ1n) is 4.38. The van der Waals surface area contributed by atoms with Crippen molar-refractivity contribution in [2.75, 3.05) is 0 Å². The van der Waals surface area contributed by atoms with Gasteiger partial charge >= 0.3 is 0 Å². The lowest BCUT2D eigenvalue weighted by Gasteiger charge is -2.13. The van der Waals surface area contributed by atoms with Crippen LogP contribution in [0.1, 0.15) is 19.5 Å². The van der Waals surface area contributed by atoms with Crippen LogP contribution in [0.5, 0.6) is 0 Å². The van der Waals surface area contributed by atoms with Crippen molar-refractivity contribution in [3.8, 4) is 0 Å². The second-order valence-electron chi connectivity index (χ2n) is 3.48. The molecule has 1 N–H and O–H groups in total. The summed E-state index contributed by atoms with van der Waals surface area (Å²) in [6.45, 7) is 3.88. The predicted octanol–water partition coefficient (Wildman–Crippen LogP) is 1.78. The molecule has 1 heterocycles. The molecule has 0 amide bonds. The van der Waals surface area contributed by atoms with Gasteiger partial charge in [-0.25, -0.2) is 4.39 Å². The lowest BCUT2D eigenvalue weighted by Crippen LogP contribution is -2.18. The van der Waals surface area contributed by atoms with Crippen LogP contribution in [0.25, 0.3) is 0 Å². The number of nitrogens with zero attached hydrogens (tertiary/aromatic N) is 1. The molecule has 2 nitrogen and oxygen atoms in total. The van der Waals surface area contributed by atoms with E-state index in [1.165, 1.54) is 12.3 Å². The van der Waals surface area contributed by atoms with Crippen LogP contribution >= 0.6 is 0 Å². The summed E-state index contributed by atoms with van der Waals surface area (Å²) >= 11 is 0. The Kier molecular flexibility index (Phi) is 3.37. The molecule has 0 saturated carbocycles. The van der Waals surface area contributed by atoms with Crippen LogP contribution in [0.4, 0.5) is 4.39 Å². The monoisotopic (exact) mass is 183 g/mol. The molecule has 1 aromatic heterocycles. The van der Waals surface area contributed by atoms with E-state index >= 15 is 0 Å². The van der Waals surface area contributed by atoms with Crippen LogP contribution in [0.3, 0.4) is 0 Å². The van der Waals surface area contributed by atoms with Gasteiger partial charge in [0.15, 0.2) is 0 Å². The number of aromatic nitrogens is 1. The second kappa shape index (κ2) is 4.33. The minimum atomic E-state index is -0.405. The number of hydrogen-bond acceptors (Lipinski definition) is 2. The largest absolute Gasteiger partial charge is 0.392 e. The van der Waals surface area contributed by atoms with Crippen LogP contribution in [0, 0.1) is 11.7 Å². The Morgan fingerprint density at radius 1 is 1.46 bits per heavy atom. The zero-order chi connectivity index (χ0) is 9.84. The van der Waals surface area contributed by atoms with Gasteiger partial charge in [0.2, 0.25) is 0 Å². The van der Waals surface area contributed by atoms with Crippen LogP contribution in [-0.2, 0) is 6.42 Å². The standard InChI is InChI=1S/C10H14FNO/c1-7(2)10(13)5-9-4-3-8(11)6-12-9/h3-4,6-7,10,13H,5H2,1-2H3. The minimum Gasteiger partial charge on any atom is -0.392 e. The molecule has 0 saturated heterocycles. The number of hydrogen-bond donors (Lipinski definition) is 1. The molecule has 0 aliphatic rings. The highest BCUT2D eigenvalue weighted by atomic mass is 19.1. The number of aliphatic hydroxyl groups excluding tert-OH is 1. The van der Waals surface area contributed by atoms with Crippen molar-refractivity contribution in [2.24, 2.45) is 5.92 Å². The van der Waals surface area contributed by atoms with Crippen LogP contribution in [0.15, 0.2) is 18.3 Å². The fraction of sp³-hybridized carbons (Fsp3) is 0.500. The number of pyridine rings is 1. The fourth-order valence-electron chi connectivity index (χ4n) is 0.977. The Hall–Kier alpha value is -0.960. The van der Waals surface area contributed by atoms with E-state index in [1.54, 1.807) is 6.07 Å². The lowest BCUT2D eigenvalue weighted by atomic mass is 10.0. The third-order valence-corrected chi connectivity index (χ3v) is 1.98.